The lowest BCUT2D eigenvalue weighted by molar-refractivity contribution is 0.103. The summed E-state index contributed by atoms with van der Waals surface area (Å²) >= 11 is 6.09. The number of aromatic nitrogens is 1. The van der Waals surface area contributed by atoms with Crippen LogP contribution in [0.1, 0.15) is 25.9 Å². The fourth-order valence-electron chi connectivity index (χ4n) is 1.80. The molecule has 2 aromatic rings. The van der Waals surface area contributed by atoms with Gasteiger partial charge in [0.05, 0.1) is 22.0 Å². The highest BCUT2D eigenvalue weighted by atomic mass is 32.1. The van der Waals surface area contributed by atoms with Gasteiger partial charge in [-0.25, -0.2) is 9.37 Å². The van der Waals surface area contributed by atoms with Gasteiger partial charge in [-0.3, -0.25) is 4.79 Å². The van der Waals surface area contributed by atoms with E-state index in [0.717, 1.165) is 5.01 Å². The van der Waals surface area contributed by atoms with E-state index in [2.05, 4.69) is 10.3 Å². The van der Waals surface area contributed by atoms with Crippen LogP contribution in [0.5, 0.6) is 0 Å². The van der Waals surface area contributed by atoms with Gasteiger partial charge in [-0.05, 0) is 26.0 Å². The lowest BCUT2D eigenvalue weighted by Crippen LogP contribution is -2.19. The number of amides is 1. The molecule has 0 saturated carbocycles. The van der Waals surface area contributed by atoms with Crippen LogP contribution in [-0.2, 0) is 0 Å². The number of rotatable bonds is 3. The van der Waals surface area contributed by atoms with Crippen LogP contribution in [0.2, 0.25) is 0 Å². The number of aryl methyl sites for hydroxylation is 2. The van der Waals surface area contributed by atoms with Crippen LogP contribution in [-0.4, -0.2) is 15.9 Å². The van der Waals surface area contributed by atoms with Crippen molar-refractivity contribution in [2.24, 2.45) is 5.73 Å². The number of thiazole rings is 1. The number of thiocarbonyl (C=S) groups is 1. The van der Waals surface area contributed by atoms with E-state index >= 15 is 0 Å². The summed E-state index contributed by atoms with van der Waals surface area (Å²) in [5.41, 5.74) is 6.43. The second-order valence-corrected chi connectivity index (χ2v) is 5.77. The Balaban J connectivity index is 2.36. The first kappa shape index (κ1) is 14.5. The predicted octanol–water partition coefficient (Wildman–Crippen LogP) is 2.79. The maximum atomic E-state index is 13.7. The molecule has 0 fully saturated rings. The van der Waals surface area contributed by atoms with Gasteiger partial charge in [-0.2, -0.15) is 0 Å². The van der Waals surface area contributed by atoms with Gasteiger partial charge in [0.25, 0.3) is 5.91 Å². The third kappa shape index (κ3) is 2.83. The number of hydrogen-bond acceptors (Lipinski definition) is 4. The molecule has 0 spiro atoms. The molecular weight excluding hydrogens is 297 g/mol. The molecule has 1 aromatic carbocycles. The second kappa shape index (κ2) is 5.64. The number of carbonyl (C=O) groups is 1. The van der Waals surface area contributed by atoms with Gasteiger partial charge in [0.15, 0.2) is 0 Å². The van der Waals surface area contributed by atoms with E-state index in [-0.39, 0.29) is 22.1 Å². The summed E-state index contributed by atoms with van der Waals surface area (Å²) < 4.78 is 13.7. The van der Waals surface area contributed by atoms with E-state index < -0.39 is 5.82 Å². The fourth-order valence-corrected chi connectivity index (χ4v) is 2.82. The first-order valence-corrected chi connectivity index (χ1v) is 6.96. The third-order valence-electron chi connectivity index (χ3n) is 2.62. The van der Waals surface area contributed by atoms with Crippen molar-refractivity contribution in [3.05, 3.63) is 45.2 Å². The van der Waals surface area contributed by atoms with E-state index in [1.807, 2.05) is 6.92 Å². The van der Waals surface area contributed by atoms with Crippen LogP contribution < -0.4 is 11.1 Å². The van der Waals surface area contributed by atoms with Crippen molar-refractivity contribution >= 4 is 40.1 Å². The van der Waals surface area contributed by atoms with Gasteiger partial charge in [-0.1, -0.05) is 18.3 Å². The monoisotopic (exact) mass is 309 g/mol. The van der Waals surface area contributed by atoms with Gasteiger partial charge >= 0.3 is 0 Å². The quantitative estimate of drug-likeness (QED) is 0.856. The minimum Gasteiger partial charge on any atom is -0.389 e. The highest BCUT2D eigenvalue weighted by molar-refractivity contribution is 7.80. The van der Waals surface area contributed by atoms with E-state index in [1.165, 1.54) is 23.5 Å². The third-order valence-corrected chi connectivity index (χ3v) is 3.89. The Morgan fingerprint density at radius 1 is 1.45 bits per heavy atom. The summed E-state index contributed by atoms with van der Waals surface area (Å²) in [6.45, 7) is 3.57. The first-order valence-electron chi connectivity index (χ1n) is 5.74. The van der Waals surface area contributed by atoms with E-state index in [0.29, 0.717) is 10.6 Å². The topological polar surface area (TPSA) is 68.0 Å². The number of benzene rings is 1. The molecule has 0 unspecified atom stereocenters. The minimum absolute atomic E-state index is 0.0368. The lowest BCUT2D eigenvalue weighted by Gasteiger charge is -2.10. The first-order chi connectivity index (χ1) is 9.40. The van der Waals surface area contributed by atoms with Gasteiger partial charge in [0.1, 0.15) is 15.7 Å². The maximum absolute atomic E-state index is 13.7. The average molecular weight is 309 g/mol. The number of nitrogens with one attached hydrogen (secondary N) is 1. The largest absolute Gasteiger partial charge is 0.389 e. The Morgan fingerprint density at radius 3 is 2.70 bits per heavy atom. The second-order valence-electron chi connectivity index (χ2n) is 4.13. The molecule has 2 rings (SSSR count). The van der Waals surface area contributed by atoms with E-state index in [9.17, 15) is 9.18 Å². The number of halogens is 1. The highest BCUT2D eigenvalue weighted by Gasteiger charge is 2.17. The summed E-state index contributed by atoms with van der Waals surface area (Å²) in [5, 5.41) is 3.42. The summed E-state index contributed by atoms with van der Waals surface area (Å²) in [4.78, 5) is 16.8. The zero-order chi connectivity index (χ0) is 14.9. The smallest absolute Gasteiger partial charge is 0.267 e. The van der Waals surface area contributed by atoms with Crippen molar-refractivity contribution < 1.29 is 9.18 Å². The molecule has 1 amide bonds. The Hall–Kier alpha value is -1.86. The molecule has 0 saturated heterocycles. The highest BCUT2D eigenvalue weighted by Crippen LogP contribution is 2.22. The standard InChI is InChI=1S/C13H12FN3OS2/c1-6-11(20-7(2)16-6)13(18)17-9-5-3-4-8(14)10(9)12(15)19/h3-5H,1-2H3,(H2,15,19)(H,17,18). The van der Waals surface area contributed by atoms with Crippen molar-refractivity contribution in [3.63, 3.8) is 0 Å². The lowest BCUT2D eigenvalue weighted by atomic mass is 10.1. The van der Waals surface area contributed by atoms with Crippen LogP contribution in [0.3, 0.4) is 0 Å². The minimum atomic E-state index is -0.562. The van der Waals surface area contributed by atoms with Gasteiger partial charge < -0.3 is 11.1 Å². The fraction of sp³-hybridized carbons (Fsp3) is 0.154. The van der Waals surface area contributed by atoms with E-state index in [1.54, 1.807) is 13.0 Å². The van der Waals surface area contributed by atoms with Crippen molar-refractivity contribution in [1.29, 1.82) is 0 Å². The van der Waals surface area contributed by atoms with Crippen LogP contribution in [0.15, 0.2) is 18.2 Å². The molecule has 0 atom stereocenters. The predicted molar refractivity (Wildman–Crippen MR) is 81.8 cm³/mol. The van der Waals surface area contributed by atoms with Gasteiger partial charge in [0.2, 0.25) is 0 Å². The Bertz CT molecular complexity index is 697. The molecule has 0 aliphatic rings. The van der Waals surface area contributed by atoms with Crippen molar-refractivity contribution in [1.82, 2.24) is 4.98 Å². The molecule has 7 heteroatoms. The zero-order valence-electron chi connectivity index (χ0n) is 10.9. The Kier molecular flexibility index (Phi) is 4.10. The SMILES string of the molecule is Cc1nc(C)c(C(=O)Nc2cccc(F)c2C(N)=S)s1. The number of hydrogen-bond donors (Lipinski definition) is 2. The number of nitrogens with two attached hydrogens (primary N) is 1. The maximum Gasteiger partial charge on any atom is 0.267 e. The molecule has 1 heterocycles. The molecule has 0 aliphatic carbocycles. The van der Waals surface area contributed by atoms with Crippen LogP contribution in [0.25, 0.3) is 0 Å². The van der Waals surface area contributed by atoms with Crippen molar-refractivity contribution in [2.45, 2.75) is 13.8 Å². The molecule has 1 aromatic heterocycles. The van der Waals surface area contributed by atoms with Crippen molar-refractivity contribution in [3.8, 4) is 0 Å². The summed E-state index contributed by atoms with van der Waals surface area (Å²) in [6.07, 6.45) is 0. The van der Waals surface area contributed by atoms with Crippen LogP contribution in [0.4, 0.5) is 10.1 Å². The van der Waals surface area contributed by atoms with E-state index in [4.69, 9.17) is 18.0 Å². The van der Waals surface area contributed by atoms with Gasteiger partial charge in [0, 0.05) is 0 Å². The summed E-state index contributed by atoms with van der Waals surface area (Å²) in [7, 11) is 0. The Labute approximate surface area is 124 Å². The molecular formula is C13H12FN3OS2. The van der Waals surface area contributed by atoms with Crippen molar-refractivity contribution in [2.75, 3.05) is 5.32 Å². The molecule has 4 nitrogen and oxygen atoms in total. The molecule has 3 N–H and O–H groups in total. The number of nitrogens with zero attached hydrogens (tertiary/aromatic N) is 1. The average Bonchev–Trinajstić information content (AvgIpc) is 2.68. The zero-order valence-corrected chi connectivity index (χ0v) is 12.5. The summed E-state index contributed by atoms with van der Waals surface area (Å²) in [6, 6.07) is 4.28. The molecule has 0 aliphatic heterocycles. The van der Waals surface area contributed by atoms with Crippen LogP contribution >= 0.6 is 23.6 Å². The Morgan fingerprint density at radius 2 is 2.15 bits per heavy atom. The number of anilines is 1. The molecule has 0 bridgehead atoms. The van der Waals surface area contributed by atoms with Gasteiger partial charge in [-0.15, -0.1) is 11.3 Å². The molecule has 0 radical (unpaired) electrons. The molecule has 20 heavy (non-hydrogen) atoms. The summed E-state index contributed by atoms with van der Waals surface area (Å²) in [5.74, 6) is -0.913. The molecule has 104 valence electrons. The number of carbonyl (C=O) groups excluding carboxylic acids is 1. The normalized spacial score (nSPS) is 10.3. The van der Waals surface area contributed by atoms with Crippen LogP contribution in [0, 0.1) is 19.7 Å².